The molecule has 0 radical (unpaired) electrons. The van der Waals surface area contributed by atoms with Crippen molar-refractivity contribution < 1.29 is 8.78 Å². The maximum Gasteiger partial charge on any atom is 0.227 e. The second-order valence-corrected chi connectivity index (χ2v) is 18.2. The van der Waals surface area contributed by atoms with Gasteiger partial charge in [0, 0.05) is 114 Å². The number of alkyl halides is 2. The lowest BCUT2D eigenvalue weighted by molar-refractivity contribution is 0.131. The number of nitrogens with zero attached hydrogens (tertiary/aromatic N) is 16. The molecule has 0 bridgehead atoms. The topological polar surface area (TPSA) is 194 Å². The van der Waals surface area contributed by atoms with E-state index in [2.05, 4.69) is 96.2 Å². The average Bonchev–Trinajstić information content (AvgIpc) is 4.05. The summed E-state index contributed by atoms with van der Waals surface area (Å²) < 4.78 is 27.2. The third-order valence-corrected chi connectivity index (χ3v) is 13.2. The number of anilines is 6. The molecular weight excluding hydrogens is 903 g/mol. The zero-order valence-electron chi connectivity index (χ0n) is 40.2. The average molecular weight is 961 g/mol. The normalized spacial score (nSPS) is 18.9. The van der Waals surface area contributed by atoms with Gasteiger partial charge >= 0.3 is 0 Å². The van der Waals surface area contributed by atoms with E-state index in [4.69, 9.17) is 0 Å². The van der Waals surface area contributed by atoms with Gasteiger partial charge in [0.25, 0.3) is 0 Å². The molecule has 0 spiro atoms. The van der Waals surface area contributed by atoms with Gasteiger partial charge in [-0.3, -0.25) is 19.8 Å². The molecule has 0 saturated carbocycles. The van der Waals surface area contributed by atoms with Crippen molar-refractivity contribution in [1.29, 1.82) is 10.5 Å². The second-order valence-electron chi connectivity index (χ2n) is 18.2. The minimum Gasteiger partial charge on any atom is -0.352 e. The maximum atomic E-state index is 13.6. The van der Waals surface area contributed by atoms with Crippen LogP contribution in [0, 0.1) is 22.7 Å². The maximum absolute atomic E-state index is 13.6. The summed E-state index contributed by atoms with van der Waals surface area (Å²) in [4.78, 5) is 49.2. The molecule has 4 fully saturated rings. The summed E-state index contributed by atoms with van der Waals surface area (Å²) in [7, 11) is 2.15. The largest absolute Gasteiger partial charge is 0.352 e. The molecule has 18 nitrogen and oxygen atoms in total. The number of hydrogen-bond acceptors (Lipinski definition) is 18. The van der Waals surface area contributed by atoms with E-state index in [1.165, 1.54) is 0 Å². The number of nitriles is 2. The first-order valence-corrected chi connectivity index (χ1v) is 24.2. The Balaban J connectivity index is 0.000000176. The van der Waals surface area contributed by atoms with Crippen molar-refractivity contribution in [2.24, 2.45) is 0 Å². The molecule has 20 heteroatoms. The van der Waals surface area contributed by atoms with Crippen LogP contribution >= 0.6 is 0 Å². The first-order valence-electron chi connectivity index (χ1n) is 24.2. The summed E-state index contributed by atoms with van der Waals surface area (Å²) in [6, 6.07) is 19.4. The highest BCUT2D eigenvalue weighted by Crippen LogP contribution is 2.30. The minimum atomic E-state index is -0.881. The molecule has 6 aromatic rings. The van der Waals surface area contributed by atoms with Crippen molar-refractivity contribution >= 4 is 34.9 Å². The van der Waals surface area contributed by atoms with Gasteiger partial charge in [0.15, 0.2) is 0 Å². The van der Waals surface area contributed by atoms with E-state index in [0.717, 1.165) is 94.8 Å². The van der Waals surface area contributed by atoms with Crippen LogP contribution in [0.2, 0.25) is 0 Å². The van der Waals surface area contributed by atoms with E-state index in [-0.39, 0.29) is 13.1 Å². The van der Waals surface area contributed by atoms with Gasteiger partial charge in [-0.05, 0) is 75.0 Å². The van der Waals surface area contributed by atoms with Crippen LogP contribution in [0.15, 0.2) is 85.7 Å². The van der Waals surface area contributed by atoms with Gasteiger partial charge in [0.2, 0.25) is 11.9 Å². The summed E-state index contributed by atoms with van der Waals surface area (Å²) in [6.07, 6.45) is 9.41. The first-order chi connectivity index (χ1) is 34.7. The molecule has 71 heavy (non-hydrogen) atoms. The van der Waals surface area contributed by atoms with E-state index in [1.807, 2.05) is 34.1 Å². The Hall–Kier alpha value is -7.36. The van der Waals surface area contributed by atoms with Crippen molar-refractivity contribution in [3.8, 4) is 34.7 Å². The van der Waals surface area contributed by atoms with Crippen LogP contribution in [0.4, 0.5) is 43.7 Å². The monoisotopic (exact) mass is 961 g/mol. The van der Waals surface area contributed by atoms with E-state index in [1.54, 1.807) is 61.4 Å². The number of piperazine rings is 2. The minimum absolute atomic E-state index is 0.269. The highest BCUT2D eigenvalue weighted by atomic mass is 19.1. The molecule has 4 aliphatic heterocycles. The van der Waals surface area contributed by atoms with E-state index >= 15 is 0 Å². The van der Waals surface area contributed by atoms with Gasteiger partial charge in [0.1, 0.15) is 36.1 Å². The zero-order chi connectivity index (χ0) is 49.1. The molecule has 10 rings (SSSR count). The Morgan fingerprint density at radius 3 is 1.41 bits per heavy atom. The van der Waals surface area contributed by atoms with Crippen LogP contribution in [-0.4, -0.2) is 164 Å². The van der Waals surface area contributed by atoms with Gasteiger partial charge in [-0.25, -0.2) is 38.7 Å². The predicted octanol–water partition coefficient (Wildman–Crippen LogP) is 6.08. The molecular formula is C51H58F2N18. The van der Waals surface area contributed by atoms with Crippen molar-refractivity contribution in [1.82, 2.24) is 59.5 Å². The molecule has 2 unspecified atom stereocenters. The lowest BCUT2D eigenvalue weighted by Gasteiger charge is -2.33. The fraction of sp³-hybridized carbons (Fsp3) is 0.412. The van der Waals surface area contributed by atoms with Crippen LogP contribution in [0.25, 0.3) is 22.5 Å². The van der Waals surface area contributed by atoms with Crippen LogP contribution in [0.1, 0.15) is 42.3 Å². The third kappa shape index (κ3) is 12.7. The SMILES string of the molecule is CCN1CCN(Cc2ccc(Nc3nccc(-c4cnc(N5CCC(F)C5)c(C#N)c4)n3)cn2)CC1.CN1CCN(Cc2ccc(Nc3nccc(-c4cnc(N5CCC(F)C5)c(C#N)c4)n3)cn2)CC1. The van der Waals surface area contributed by atoms with Crippen molar-refractivity contribution in [3.63, 3.8) is 0 Å². The van der Waals surface area contributed by atoms with Gasteiger partial charge < -0.3 is 30.2 Å². The standard InChI is InChI=1S/C26H30FN9.C25H28FN9/c1-2-34-9-11-35(12-10-34)18-23-4-3-22(16-30-23)32-26-29-7-5-24(33-26)20-13-19(14-28)25(31-15-20)36-8-6-21(27)17-36;1-33-8-10-34(11-9-33)17-22-3-2-21(15-29-22)31-25-28-6-4-23(32-25)19-12-18(13-27)24(30-14-19)35-7-5-20(26)16-35/h3-5,7,13,15-16,21H,2,6,8-12,17-18H2,1H3,(H,29,32,33);2-4,6,12,14-15,20H,5,7-11,16-17H2,1H3,(H,28,31,32). The van der Waals surface area contributed by atoms with Gasteiger partial charge in [-0.2, -0.15) is 10.5 Å². The van der Waals surface area contributed by atoms with Crippen molar-refractivity contribution in [2.75, 3.05) is 113 Å². The summed E-state index contributed by atoms with van der Waals surface area (Å²) in [5.41, 5.74) is 7.16. The number of aromatic nitrogens is 8. The highest BCUT2D eigenvalue weighted by molar-refractivity contribution is 5.68. The smallest absolute Gasteiger partial charge is 0.227 e. The lowest BCUT2D eigenvalue weighted by atomic mass is 10.1. The van der Waals surface area contributed by atoms with Gasteiger partial charge in [-0.15, -0.1) is 0 Å². The number of likely N-dealkylation sites (N-methyl/N-ethyl adjacent to an activating group) is 2. The predicted molar refractivity (Wildman–Crippen MR) is 269 cm³/mol. The molecule has 4 saturated heterocycles. The summed E-state index contributed by atoms with van der Waals surface area (Å²) in [5, 5.41) is 25.7. The fourth-order valence-corrected chi connectivity index (χ4v) is 9.01. The van der Waals surface area contributed by atoms with E-state index in [0.29, 0.717) is 83.1 Å². The Morgan fingerprint density at radius 1 is 0.563 bits per heavy atom. The Labute approximate surface area is 413 Å². The molecule has 0 amide bonds. The molecule has 10 heterocycles. The quantitative estimate of drug-likeness (QED) is 0.135. The van der Waals surface area contributed by atoms with Gasteiger partial charge in [0.05, 0.1) is 70.8 Å². The molecule has 366 valence electrons. The van der Waals surface area contributed by atoms with Crippen molar-refractivity contribution in [3.05, 3.63) is 108 Å². The first kappa shape index (κ1) is 48.7. The van der Waals surface area contributed by atoms with Gasteiger partial charge in [-0.1, -0.05) is 6.92 Å². The molecule has 0 aliphatic carbocycles. The fourth-order valence-electron chi connectivity index (χ4n) is 9.01. The molecule has 4 aliphatic rings. The highest BCUT2D eigenvalue weighted by Gasteiger charge is 2.27. The number of pyridine rings is 4. The number of nitrogens with one attached hydrogen (secondary N) is 2. The van der Waals surface area contributed by atoms with Crippen molar-refractivity contribution in [2.45, 2.75) is 45.2 Å². The summed E-state index contributed by atoms with van der Waals surface area (Å²) in [5.74, 6) is 1.90. The molecule has 0 aromatic carbocycles. The zero-order valence-corrected chi connectivity index (χ0v) is 40.2. The molecule has 2 atom stereocenters. The molecule has 2 N–H and O–H groups in total. The summed E-state index contributed by atoms with van der Waals surface area (Å²) in [6.45, 7) is 15.3. The van der Waals surface area contributed by atoms with Crippen LogP contribution in [0.5, 0.6) is 0 Å². The number of hydrogen-bond donors (Lipinski definition) is 2. The Kier molecular flexibility index (Phi) is 15.8. The van der Waals surface area contributed by atoms with Crippen LogP contribution in [-0.2, 0) is 13.1 Å². The van der Waals surface area contributed by atoms with E-state index in [9.17, 15) is 19.3 Å². The van der Waals surface area contributed by atoms with Crippen LogP contribution < -0.4 is 20.4 Å². The third-order valence-electron chi connectivity index (χ3n) is 13.2. The van der Waals surface area contributed by atoms with E-state index < -0.39 is 12.3 Å². The Morgan fingerprint density at radius 2 is 1.01 bits per heavy atom. The summed E-state index contributed by atoms with van der Waals surface area (Å²) >= 11 is 0. The number of rotatable bonds is 13. The van der Waals surface area contributed by atoms with Crippen LogP contribution in [0.3, 0.4) is 0 Å². The molecule has 6 aromatic heterocycles. The second kappa shape index (κ2) is 23.0. The Bertz CT molecular complexity index is 2800. The lowest BCUT2D eigenvalue weighted by Crippen LogP contribution is -2.45. The number of halogens is 2.